The lowest BCUT2D eigenvalue weighted by Gasteiger charge is -2.12. The monoisotopic (exact) mass is 350 g/mol. The summed E-state index contributed by atoms with van der Waals surface area (Å²) in [6.07, 6.45) is -4.52. The first-order chi connectivity index (χ1) is 11.8. The van der Waals surface area contributed by atoms with Crippen LogP contribution in [0.1, 0.15) is 34.5 Å². The van der Waals surface area contributed by atoms with Gasteiger partial charge in [0.1, 0.15) is 0 Å². The maximum Gasteiger partial charge on any atom is 0.416 e. The second-order valence-electron chi connectivity index (χ2n) is 5.26. The highest BCUT2D eigenvalue weighted by atomic mass is 19.4. The number of rotatable bonds is 3. The summed E-state index contributed by atoms with van der Waals surface area (Å²) in [5.41, 5.74) is -0.119. The number of ether oxygens (including phenoxy) is 1. The Morgan fingerprint density at radius 3 is 2.40 bits per heavy atom. The van der Waals surface area contributed by atoms with Crippen molar-refractivity contribution in [1.29, 1.82) is 0 Å². The molecule has 0 unspecified atom stereocenters. The van der Waals surface area contributed by atoms with Crippen LogP contribution in [0.25, 0.3) is 0 Å². The van der Waals surface area contributed by atoms with Gasteiger partial charge in [-0.1, -0.05) is 36.4 Å². The largest absolute Gasteiger partial charge is 0.468 e. The molecule has 2 aromatic carbocycles. The van der Waals surface area contributed by atoms with Gasteiger partial charge in [-0.2, -0.15) is 13.2 Å². The van der Waals surface area contributed by atoms with Gasteiger partial charge in [0.15, 0.2) is 0 Å². The third kappa shape index (κ3) is 5.07. The van der Waals surface area contributed by atoms with Gasteiger partial charge in [-0.25, -0.2) is 4.99 Å². The van der Waals surface area contributed by atoms with E-state index in [1.165, 1.54) is 19.2 Å². The van der Waals surface area contributed by atoms with E-state index in [4.69, 9.17) is 4.74 Å². The highest BCUT2D eigenvalue weighted by Crippen LogP contribution is 2.29. The summed E-state index contributed by atoms with van der Waals surface area (Å²) in [5.74, 6) is -0.730. The molecule has 0 saturated carbocycles. The molecule has 1 atom stereocenters. The molecule has 0 heterocycles. The third-order valence-corrected chi connectivity index (χ3v) is 3.46. The van der Waals surface area contributed by atoms with Crippen molar-refractivity contribution in [3.05, 3.63) is 71.3 Å². The topological polar surface area (TPSA) is 50.7 Å². The van der Waals surface area contributed by atoms with Crippen LogP contribution >= 0.6 is 0 Å². The van der Waals surface area contributed by atoms with Crippen LogP contribution in [0.4, 0.5) is 13.2 Å². The molecule has 1 amide bonds. The summed E-state index contributed by atoms with van der Waals surface area (Å²) in [7, 11) is 1.32. The zero-order valence-electron chi connectivity index (χ0n) is 13.7. The molecule has 0 aliphatic carbocycles. The van der Waals surface area contributed by atoms with Crippen LogP contribution in [0.2, 0.25) is 0 Å². The number of amidine groups is 1. The van der Waals surface area contributed by atoms with Crippen LogP contribution in [-0.2, 0) is 10.9 Å². The van der Waals surface area contributed by atoms with E-state index in [1.807, 2.05) is 37.3 Å². The number of amides is 1. The minimum absolute atomic E-state index is 0.0706. The van der Waals surface area contributed by atoms with Crippen LogP contribution in [0.15, 0.2) is 59.6 Å². The van der Waals surface area contributed by atoms with Gasteiger partial charge in [0.2, 0.25) is 0 Å². The van der Waals surface area contributed by atoms with E-state index in [0.717, 1.165) is 17.7 Å². The van der Waals surface area contributed by atoms with Crippen LogP contribution in [0, 0.1) is 0 Å². The van der Waals surface area contributed by atoms with Gasteiger partial charge in [0.05, 0.1) is 18.7 Å². The Morgan fingerprint density at radius 2 is 1.80 bits per heavy atom. The Hall–Kier alpha value is -2.83. The minimum Gasteiger partial charge on any atom is -0.468 e. The van der Waals surface area contributed by atoms with Gasteiger partial charge in [-0.15, -0.1) is 0 Å². The second kappa shape index (κ2) is 7.83. The summed E-state index contributed by atoms with van der Waals surface area (Å²) in [6, 6.07) is 13.1. The molecular weight excluding hydrogens is 333 g/mol. The molecule has 0 bridgehead atoms. The zero-order valence-corrected chi connectivity index (χ0v) is 13.7. The number of benzene rings is 2. The normalized spacial score (nSPS) is 13.2. The molecular formula is C18H17F3N2O2. The van der Waals surface area contributed by atoms with Crippen molar-refractivity contribution in [2.24, 2.45) is 4.99 Å². The number of nitrogens with zero attached hydrogens (tertiary/aromatic N) is 1. The number of hydrogen-bond donors (Lipinski definition) is 1. The van der Waals surface area contributed by atoms with E-state index in [1.54, 1.807) is 0 Å². The number of aliphatic imine (C=N–C) groups is 1. The molecule has 0 spiro atoms. The summed E-state index contributed by atoms with van der Waals surface area (Å²) >= 11 is 0. The van der Waals surface area contributed by atoms with E-state index in [2.05, 4.69) is 10.3 Å². The van der Waals surface area contributed by atoms with Gasteiger partial charge in [0, 0.05) is 5.56 Å². The van der Waals surface area contributed by atoms with Gasteiger partial charge < -0.3 is 4.74 Å². The number of nitrogens with one attached hydrogen (secondary N) is 1. The van der Waals surface area contributed by atoms with Crippen LogP contribution in [0.3, 0.4) is 0 Å². The van der Waals surface area contributed by atoms with E-state index in [9.17, 15) is 18.0 Å². The maximum atomic E-state index is 12.7. The average molecular weight is 350 g/mol. The Morgan fingerprint density at radius 1 is 1.12 bits per heavy atom. The van der Waals surface area contributed by atoms with Crippen molar-refractivity contribution in [2.45, 2.75) is 19.1 Å². The van der Waals surface area contributed by atoms with Crippen LogP contribution in [0.5, 0.6) is 0 Å². The van der Waals surface area contributed by atoms with Gasteiger partial charge in [-0.05, 0) is 30.7 Å². The molecule has 2 rings (SSSR count). The smallest absolute Gasteiger partial charge is 0.416 e. The fourth-order valence-electron chi connectivity index (χ4n) is 2.12. The number of carbonyl (C=O) groups is 1. The molecule has 4 nitrogen and oxygen atoms in total. The second-order valence-corrected chi connectivity index (χ2v) is 5.26. The Labute approximate surface area is 143 Å². The molecule has 0 aliphatic rings. The Balaban J connectivity index is 2.16. The van der Waals surface area contributed by atoms with Crippen molar-refractivity contribution in [2.75, 3.05) is 7.11 Å². The van der Waals surface area contributed by atoms with Gasteiger partial charge in [-0.3, -0.25) is 10.1 Å². The molecule has 7 heteroatoms. The molecule has 1 N–H and O–H groups in total. The molecule has 0 aromatic heterocycles. The van der Waals surface area contributed by atoms with Crippen molar-refractivity contribution in [3.8, 4) is 0 Å². The van der Waals surface area contributed by atoms with E-state index in [0.29, 0.717) is 0 Å². The SMILES string of the molecule is COC(=N[C@@H](C)c1ccccc1)NC(=O)c1cccc(C(F)(F)F)c1. The van der Waals surface area contributed by atoms with E-state index >= 15 is 0 Å². The minimum atomic E-state index is -4.52. The molecule has 0 fully saturated rings. The van der Waals surface area contributed by atoms with Crippen LogP contribution in [-0.4, -0.2) is 19.0 Å². The fourth-order valence-corrected chi connectivity index (χ4v) is 2.12. The lowest BCUT2D eigenvalue weighted by atomic mass is 10.1. The summed E-state index contributed by atoms with van der Waals surface area (Å²) < 4.78 is 43.2. The number of hydrogen-bond acceptors (Lipinski definition) is 3. The predicted molar refractivity (Wildman–Crippen MR) is 88.2 cm³/mol. The van der Waals surface area contributed by atoms with Crippen molar-refractivity contribution in [1.82, 2.24) is 5.32 Å². The highest BCUT2D eigenvalue weighted by Gasteiger charge is 2.31. The number of methoxy groups -OCH3 is 1. The van der Waals surface area contributed by atoms with Gasteiger partial charge >= 0.3 is 6.18 Å². The quantitative estimate of drug-likeness (QED) is 0.666. The Kier molecular flexibility index (Phi) is 5.80. The number of carbonyl (C=O) groups excluding carboxylic acids is 1. The Bertz CT molecular complexity index is 758. The molecule has 132 valence electrons. The standard InChI is InChI=1S/C18H17F3N2O2/c1-12(13-7-4-3-5-8-13)22-17(25-2)23-16(24)14-9-6-10-15(11-14)18(19,20)21/h3-12H,1-2H3,(H,22,23,24)/t12-/m0/s1. The predicted octanol–water partition coefficient (Wildman–Crippen LogP) is 4.20. The van der Waals surface area contributed by atoms with Crippen molar-refractivity contribution in [3.63, 3.8) is 0 Å². The molecule has 2 aromatic rings. The number of alkyl halides is 3. The fraction of sp³-hybridized carbons (Fsp3) is 0.222. The van der Waals surface area contributed by atoms with Crippen molar-refractivity contribution < 1.29 is 22.7 Å². The molecule has 25 heavy (non-hydrogen) atoms. The lowest BCUT2D eigenvalue weighted by Crippen LogP contribution is -2.32. The average Bonchev–Trinajstić information content (AvgIpc) is 2.61. The molecule has 0 aliphatic heterocycles. The first kappa shape index (κ1) is 18.5. The lowest BCUT2D eigenvalue weighted by molar-refractivity contribution is -0.137. The first-order valence-electron chi connectivity index (χ1n) is 7.46. The van der Waals surface area contributed by atoms with Crippen molar-refractivity contribution >= 4 is 11.9 Å². The zero-order chi connectivity index (χ0) is 18.4. The number of halogens is 3. The summed E-state index contributed by atoms with van der Waals surface area (Å²) in [5, 5.41) is 2.38. The third-order valence-electron chi connectivity index (χ3n) is 3.46. The summed E-state index contributed by atoms with van der Waals surface area (Å²) in [4.78, 5) is 16.4. The van der Waals surface area contributed by atoms with E-state index < -0.39 is 17.6 Å². The first-order valence-corrected chi connectivity index (χ1v) is 7.46. The van der Waals surface area contributed by atoms with Gasteiger partial charge in [0.25, 0.3) is 11.9 Å². The molecule has 0 radical (unpaired) electrons. The van der Waals surface area contributed by atoms with Crippen LogP contribution < -0.4 is 5.32 Å². The summed E-state index contributed by atoms with van der Waals surface area (Å²) in [6.45, 7) is 1.81. The highest BCUT2D eigenvalue weighted by molar-refractivity contribution is 6.04. The molecule has 0 saturated heterocycles. The maximum absolute atomic E-state index is 12.7. The van der Waals surface area contributed by atoms with E-state index in [-0.39, 0.29) is 17.6 Å².